The number of carbonyl (C=O) groups excluding carboxylic acids is 2. The molecule has 0 unspecified atom stereocenters. The van der Waals surface area contributed by atoms with Crippen LogP contribution in [0.25, 0.3) is 0 Å². The van der Waals surface area contributed by atoms with Gasteiger partial charge in [-0.25, -0.2) is 0 Å². The third-order valence-corrected chi connectivity index (χ3v) is 6.84. The standard InChI is InChI=1S/C23H19N3O5S/c27-22(18-11-12-21(31-18)26(29)30)24-14-9-10-17-20(13-14)32-19-8-4-3-7-16(19)23(28)25(17)15-5-1-2-6-15/h3-4,7-13,15H,1-2,5-6H2,(H,24,27). The highest BCUT2D eigenvalue weighted by Gasteiger charge is 2.34. The smallest absolute Gasteiger partial charge is 0.395 e. The van der Waals surface area contributed by atoms with Crippen molar-refractivity contribution in [3.63, 3.8) is 0 Å². The number of hydrogen-bond acceptors (Lipinski definition) is 6. The second-order valence-electron chi connectivity index (χ2n) is 7.74. The summed E-state index contributed by atoms with van der Waals surface area (Å²) in [7, 11) is 0. The summed E-state index contributed by atoms with van der Waals surface area (Å²) < 4.78 is 4.99. The van der Waals surface area contributed by atoms with Crippen molar-refractivity contribution in [2.45, 2.75) is 41.5 Å². The summed E-state index contributed by atoms with van der Waals surface area (Å²) in [6.45, 7) is 0. The number of nitrogens with one attached hydrogen (secondary N) is 1. The van der Waals surface area contributed by atoms with Gasteiger partial charge in [0.05, 0.1) is 17.3 Å². The maximum atomic E-state index is 13.5. The van der Waals surface area contributed by atoms with Crippen LogP contribution < -0.4 is 10.2 Å². The molecule has 1 saturated carbocycles. The van der Waals surface area contributed by atoms with E-state index >= 15 is 0 Å². The molecular weight excluding hydrogens is 430 g/mol. The monoisotopic (exact) mass is 449 g/mol. The first-order valence-electron chi connectivity index (χ1n) is 10.3. The van der Waals surface area contributed by atoms with E-state index in [0.29, 0.717) is 11.3 Å². The van der Waals surface area contributed by atoms with Crippen LogP contribution in [0.4, 0.5) is 17.3 Å². The van der Waals surface area contributed by atoms with Crippen LogP contribution in [0.1, 0.15) is 46.6 Å². The van der Waals surface area contributed by atoms with E-state index in [1.807, 2.05) is 41.3 Å². The van der Waals surface area contributed by atoms with Gasteiger partial charge >= 0.3 is 5.88 Å². The molecule has 1 N–H and O–H groups in total. The molecule has 1 aromatic heterocycles. The Bertz CT molecular complexity index is 1230. The Labute approximate surface area is 187 Å². The molecule has 1 fully saturated rings. The van der Waals surface area contributed by atoms with E-state index in [-0.39, 0.29) is 17.7 Å². The zero-order chi connectivity index (χ0) is 22.2. The number of nitro groups is 1. The van der Waals surface area contributed by atoms with E-state index < -0.39 is 16.7 Å². The zero-order valence-corrected chi connectivity index (χ0v) is 17.8. The molecule has 2 amide bonds. The van der Waals surface area contributed by atoms with Crippen molar-refractivity contribution in [2.24, 2.45) is 0 Å². The zero-order valence-electron chi connectivity index (χ0n) is 16.9. The minimum Gasteiger partial charge on any atom is -0.395 e. The number of benzene rings is 2. The second-order valence-corrected chi connectivity index (χ2v) is 8.83. The van der Waals surface area contributed by atoms with E-state index in [2.05, 4.69) is 5.32 Å². The van der Waals surface area contributed by atoms with Crippen molar-refractivity contribution in [1.29, 1.82) is 0 Å². The molecule has 3 aromatic rings. The Balaban J connectivity index is 1.49. The summed E-state index contributed by atoms with van der Waals surface area (Å²) in [6, 6.07) is 15.5. The van der Waals surface area contributed by atoms with Crippen LogP contribution in [0.3, 0.4) is 0 Å². The molecule has 162 valence electrons. The van der Waals surface area contributed by atoms with E-state index in [4.69, 9.17) is 4.42 Å². The number of rotatable bonds is 4. The Morgan fingerprint density at radius 1 is 1.09 bits per heavy atom. The van der Waals surface area contributed by atoms with Gasteiger partial charge < -0.3 is 14.6 Å². The fourth-order valence-corrected chi connectivity index (χ4v) is 5.33. The molecule has 9 heteroatoms. The number of anilines is 2. The molecule has 8 nitrogen and oxygen atoms in total. The van der Waals surface area contributed by atoms with Crippen LogP contribution in [-0.4, -0.2) is 22.8 Å². The molecule has 0 atom stereocenters. The lowest BCUT2D eigenvalue weighted by Gasteiger charge is -2.29. The molecule has 0 bridgehead atoms. The lowest BCUT2D eigenvalue weighted by Crippen LogP contribution is -2.39. The Morgan fingerprint density at radius 2 is 1.88 bits per heavy atom. The molecule has 0 saturated heterocycles. The molecule has 5 rings (SSSR count). The summed E-state index contributed by atoms with van der Waals surface area (Å²) in [5.74, 6) is -1.22. The lowest BCUT2D eigenvalue weighted by atomic mass is 10.1. The Kier molecular flexibility index (Phi) is 5.18. The van der Waals surface area contributed by atoms with E-state index in [1.54, 1.807) is 6.07 Å². The molecule has 0 spiro atoms. The first-order valence-corrected chi connectivity index (χ1v) is 11.1. The first-order chi connectivity index (χ1) is 15.5. The fraction of sp³-hybridized carbons (Fsp3) is 0.217. The van der Waals surface area contributed by atoms with Gasteiger partial charge in [-0.05, 0) is 49.2 Å². The van der Waals surface area contributed by atoms with Crippen LogP contribution >= 0.6 is 11.8 Å². The van der Waals surface area contributed by atoms with Crippen LogP contribution in [-0.2, 0) is 0 Å². The second kappa shape index (κ2) is 8.16. The number of furan rings is 1. The SMILES string of the molecule is O=C(Nc1ccc2c(c1)Sc1ccccc1C(=O)N2C1CCCC1)c1ccc([N+](=O)[O-])o1. The third-order valence-electron chi connectivity index (χ3n) is 5.72. The van der Waals surface area contributed by atoms with Gasteiger partial charge in [-0.1, -0.05) is 36.7 Å². The van der Waals surface area contributed by atoms with Crippen molar-refractivity contribution in [1.82, 2.24) is 0 Å². The summed E-state index contributed by atoms with van der Waals surface area (Å²) in [5, 5.41) is 13.5. The Hall–Kier alpha value is -3.59. The average molecular weight is 449 g/mol. The maximum Gasteiger partial charge on any atom is 0.433 e. The highest BCUT2D eigenvalue weighted by Crippen LogP contribution is 2.44. The van der Waals surface area contributed by atoms with Crippen molar-refractivity contribution >= 4 is 40.8 Å². The molecule has 1 aliphatic carbocycles. The minimum atomic E-state index is -0.693. The number of fused-ring (bicyclic) bond motifs is 2. The van der Waals surface area contributed by atoms with Crippen LogP contribution in [0.2, 0.25) is 0 Å². The number of nitrogens with zero attached hydrogens (tertiary/aromatic N) is 2. The van der Waals surface area contributed by atoms with Crippen molar-refractivity contribution < 1.29 is 18.9 Å². The molecule has 32 heavy (non-hydrogen) atoms. The van der Waals surface area contributed by atoms with Crippen LogP contribution in [0, 0.1) is 10.1 Å². The molecule has 1 aliphatic heterocycles. The predicted molar refractivity (Wildman–Crippen MR) is 119 cm³/mol. The molecule has 2 aromatic carbocycles. The normalized spacial score (nSPS) is 15.8. The van der Waals surface area contributed by atoms with Gasteiger partial charge in [0.15, 0.2) is 5.76 Å². The van der Waals surface area contributed by atoms with E-state index in [0.717, 1.165) is 47.2 Å². The molecule has 2 heterocycles. The average Bonchev–Trinajstić information content (AvgIpc) is 3.46. The van der Waals surface area contributed by atoms with Gasteiger partial charge in [0.2, 0.25) is 0 Å². The summed E-state index contributed by atoms with van der Waals surface area (Å²) >= 11 is 1.49. The van der Waals surface area contributed by atoms with Crippen LogP contribution in [0.15, 0.2) is 68.8 Å². The van der Waals surface area contributed by atoms with E-state index in [1.165, 1.54) is 17.8 Å². The highest BCUT2D eigenvalue weighted by atomic mass is 32.2. The fourth-order valence-electron chi connectivity index (χ4n) is 4.23. The van der Waals surface area contributed by atoms with Gasteiger partial charge in [0.1, 0.15) is 4.92 Å². The van der Waals surface area contributed by atoms with Gasteiger partial charge in [-0.2, -0.15) is 0 Å². The van der Waals surface area contributed by atoms with Crippen molar-refractivity contribution in [2.75, 3.05) is 10.2 Å². The number of hydrogen-bond donors (Lipinski definition) is 1. The quantitative estimate of drug-likeness (QED) is 0.417. The summed E-state index contributed by atoms with van der Waals surface area (Å²) in [4.78, 5) is 39.7. The predicted octanol–water partition coefficient (Wildman–Crippen LogP) is 5.49. The van der Waals surface area contributed by atoms with Gasteiger partial charge in [0.25, 0.3) is 11.8 Å². The molecule has 2 aliphatic rings. The maximum absolute atomic E-state index is 13.5. The van der Waals surface area contributed by atoms with Gasteiger partial charge in [-0.15, -0.1) is 0 Å². The lowest BCUT2D eigenvalue weighted by molar-refractivity contribution is -0.402. The van der Waals surface area contributed by atoms with Gasteiger partial charge in [-0.3, -0.25) is 19.7 Å². The van der Waals surface area contributed by atoms with Crippen LogP contribution in [0.5, 0.6) is 0 Å². The summed E-state index contributed by atoms with van der Waals surface area (Å²) in [6.07, 6.45) is 4.13. The number of carbonyl (C=O) groups is 2. The molecular formula is C23H19N3O5S. The van der Waals surface area contributed by atoms with E-state index in [9.17, 15) is 19.7 Å². The van der Waals surface area contributed by atoms with Crippen molar-refractivity contribution in [3.8, 4) is 0 Å². The topological polar surface area (TPSA) is 106 Å². The highest BCUT2D eigenvalue weighted by molar-refractivity contribution is 7.99. The molecule has 0 radical (unpaired) electrons. The number of amides is 2. The van der Waals surface area contributed by atoms with Gasteiger partial charge in [0, 0.05) is 21.5 Å². The third kappa shape index (κ3) is 3.64. The van der Waals surface area contributed by atoms with Crippen molar-refractivity contribution in [3.05, 3.63) is 76.0 Å². The summed E-state index contributed by atoms with van der Waals surface area (Å²) in [5.41, 5.74) is 2.02. The largest absolute Gasteiger partial charge is 0.433 e. The Morgan fingerprint density at radius 3 is 2.62 bits per heavy atom. The first kappa shape index (κ1) is 20.3. The minimum absolute atomic E-state index is 0.00145.